The van der Waals surface area contributed by atoms with Crippen molar-refractivity contribution in [2.45, 2.75) is 41.0 Å². The molecule has 0 saturated carbocycles. The van der Waals surface area contributed by atoms with E-state index in [2.05, 4.69) is 6.58 Å². The quantitative estimate of drug-likeness (QED) is 0.481. The molecule has 0 bridgehead atoms. The van der Waals surface area contributed by atoms with Crippen LogP contribution < -0.4 is 9.47 Å². The van der Waals surface area contributed by atoms with Gasteiger partial charge in [-0.25, -0.2) is 0 Å². The molecule has 108 valence electrons. The van der Waals surface area contributed by atoms with E-state index in [1.54, 1.807) is 6.07 Å². The van der Waals surface area contributed by atoms with Crippen molar-refractivity contribution in [3.05, 3.63) is 34.9 Å². The molecule has 4 nitrogen and oxygen atoms in total. The van der Waals surface area contributed by atoms with E-state index in [9.17, 15) is 9.59 Å². The number of allylic oxidation sites excluding steroid dienone is 1. The zero-order valence-electron chi connectivity index (χ0n) is 12.6. The summed E-state index contributed by atoms with van der Waals surface area (Å²) in [7, 11) is 0. The molecule has 4 heteroatoms. The highest BCUT2D eigenvalue weighted by molar-refractivity contribution is 5.73. The second kappa shape index (κ2) is 6.37. The number of ether oxygens (including phenoxy) is 2. The van der Waals surface area contributed by atoms with Gasteiger partial charge in [-0.1, -0.05) is 12.2 Å². The molecule has 1 aromatic carbocycles. The Labute approximate surface area is 119 Å². The van der Waals surface area contributed by atoms with Crippen LogP contribution >= 0.6 is 0 Å². The van der Waals surface area contributed by atoms with E-state index in [4.69, 9.17) is 9.47 Å². The maximum Gasteiger partial charge on any atom is 0.308 e. The summed E-state index contributed by atoms with van der Waals surface area (Å²) < 4.78 is 10.5. The maximum absolute atomic E-state index is 11.2. The lowest BCUT2D eigenvalue weighted by Crippen LogP contribution is -2.10. The Morgan fingerprint density at radius 1 is 1.10 bits per heavy atom. The normalized spacial score (nSPS) is 10.1. The Bertz CT molecular complexity index is 570. The average Bonchev–Trinajstić information content (AvgIpc) is 2.28. The lowest BCUT2D eigenvalue weighted by molar-refractivity contribution is -0.133. The number of hydrogen-bond donors (Lipinski definition) is 0. The standard InChI is InChI=1S/C16H20O4/c1-9(2)7-14-11(4)15(19-12(5)17)8-10(3)16(14)20-13(6)18/h8H,1,7H2,2-6H3. The van der Waals surface area contributed by atoms with Gasteiger partial charge in [-0.05, 0) is 44.4 Å². The average molecular weight is 276 g/mol. The molecule has 0 saturated heterocycles. The fraction of sp³-hybridized carbons (Fsp3) is 0.375. The van der Waals surface area contributed by atoms with Crippen LogP contribution in [0.5, 0.6) is 11.5 Å². The summed E-state index contributed by atoms with van der Waals surface area (Å²) in [5.41, 5.74) is 3.29. The van der Waals surface area contributed by atoms with E-state index >= 15 is 0 Å². The summed E-state index contributed by atoms with van der Waals surface area (Å²) >= 11 is 0. The van der Waals surface area contributed by atoms with Gasteiger partial charge in [0.1, 0.15) is 11.5 Å². The fourth-order valence-corrected chi connectivity index (χ4v) is 1.99. The molecule has 0 heterocycles. The topological polar surface area (TPSA) is 52.6 Å². The van der Waals surface area contributed by atoms with E-state index in [-0.39, 0.29) is 11.9 Å². The second-order valence-electron chi connectivity index (χ2n) is 4.95. The first-order valence-electron chi connectivity index (χ1n) is 6.36. The number of hydrogen-bond acceptors (Lipinski definition) is 4. The minimum Gasteiger partial charge on any atom is -0.426 e. The Hall–Kier alpha value is -2.10. The van der Waals surface area contributed by atoms with Crippen LogP contribution in [0.1, 0.15) is 37.5 Å². The Balaban J connectivity index is 3.43. The first kappa shape index (κ1) is 16.0. The first-order valence-corrected chi connectivity index (χ1v) is 6.36. The molecule has 1 aromatic rings. The number of benzene rings is 1. The van der Waals surface area contributed by atoms with Crippen molar-refractivity contribution in [3.63, 3.8) is 0 Å². The van der Waals surface area contributed by atoms with Crippen molar-refractivity contribution in [2.24, 2.45) is 0 Å². The molecule has 1 rings (SSSR count). The third-order valence-corrected chi connectivity index (χ3v) is 2.78. The Morgan fingerprint density at radius 2 is 1.65 bits per heavy atom. The van der Waals surface area contributed by atoms with Crippen LogP contribution in [-0.2, 0) is 16.0 Å². The Morgan fingerprint density at radius 3 is 2.10 bits per heavy atom. The highest BCUT2D eigenvalue weighted by Gasteiger charge is 2.18. The lowest BCUT2D eigenvalue weighted by atomic mass is 9.97. The van der Waals surface area contributed by atoms with Crippen LogP contribution in [0.4, 0.5) is 0 Å². The van der Waals surface area contributed by atoms with Crippen molar-refractivity contribution in [1.82, 2.24) is 0 Å². The van der Waals surface area contributed by atoms with Crippen LogP contribution in [-0.4, -0.2) is 11.9 Å². The molecule has 0 aliphatic rings. The van der Waals surface area contributed by atoms with E-state index in [1.807, 2.05) is 20.8 Å². The summed E-state index contributed by atoms with van der Waals surface area (Å²) in [5.74, 6) is 0.251. The summed E-state index contributed by atoms with van der Waals surface area (Å²) in [5, 5.41) is 0. The summed E-state index contributed by atoms with van der Waals surface area (Å²) in [6.45, 7) is 12.1. The van der Waals surface area contributed by atoms with Crippen LogP contribution in [0.2, 0.25) is 0 Å². The number of carbonyl (C=O) groups excluding carboxylic acids is 2. The third-order valence-electron chi connectivity index (χ3n) is 2.78. The highest BCUT2D eigenvalue weighted by atomic mass is 16.5. The van der Waals surface area contributed by atoms with E-state index in [0.29, 0.717) is 17.9 Å². The number of esters is 2. The van der Waals surface area contributed by atoms with Gasteiger partial charge in [0.25, 0.3) is 0 Å². The third kappa shape index (κ3) is 3.95. The first-order chi connectivity index (χ1) is 9.22. The fourth-order valence-electron chi connectivity index (χ4n) is 1.99. The van der Waals surface area contributed by atoms with Gasteiger partial charge in [0.15, 0.2) is 0 Å². The molecule has 0 fully saturated rings. The van der Waals surface area contributed by atoms with Gasteiger partial charge in [-0.15, -0.1) is 0 Å². The van der Waals surface area contributed by atoms with Crippen LogP contribution in [0.25, 0.3) is 0 Å². The zero-order chi connectivity index (χ0) is 15.4. The monoisotopic (exact) mass is 276 g/mol. The van der Waals surface area contributed by atoms with Crippen LogP contribution in [0.3, 0.4) is 0 Å². The maximum atomic E-state index is 11.2. The molecular weight excluding hydrogens is 256 g/mol. The van der Waals surface area contributed by atoms with Crippen molar-refractivity contribution in [2.75, 3.05) is 0 Å². The van der Waals surface area contributed by atoms with E-state index in [0.717, 1.165) is 22.3 Å². The number of aryl methyl sites for hydroxylation is 1. The largest absolute Gasteiger partial charge is 0.426 e. The minimum absolute atomic E-state index is 0.379. The van der Waals surface area contributed by atoms with Gasteiger partial charge in [-0.2, -0.15) is 0 Å². The zero-order valence-corrected chi connectivity index (χ0v) is 12.6. The van der Waals surface area contributed by atoms with Gasteiger partial charge < -0.3 is 9.47 Å². The summed E-state index contributed by atoms with van der Waals surface area (Å²) in [4.78, 5) is 22.4. The van der Waals surface area contributed by atoms with Gasteiger partial charge in [-0.3, -0.25) is 9.59 Å². The molecule has 0 radical (unpaired) electrons. The molecule has 0 aromatic heterocycles. The minimum atomic E-state index is -0.381. The van der Waals surface area contributed by atoms with Gasteiger partial charge >= 0.3 is 11.9 Å². The molecule has 20 heavy (non-hydrogen) atoms. The van der Waals surface area contributed by atoms with Crippen molar-refractivity contribution >= 4 is 11.9 Å². The molecule has 0 amide bonds. The smallest absolute Gasteiger partial charge is 0.308 e. The molecular formula is C16H20O4. The molecule has 0 atom stereocenters. The van der Waals surface area contributed by atoms with E-state index in [1.165, 1.54) is 13.8 Å². The number of rotatable bonds is 4. The molecule has 0 aliphatic heterocycles. The second-order valence-corrected chi connectivity index (χ2v) is 4.95. The molecule has 0 spiro atoms. The van der Waals surface area contributed by atoms with Crippen molar-refractivity contribution in [1.29, 1.82) is 0 Å². The SMILES string of the molecule is C=C(C)Cc1c(C)c(OC(C)=O)cc(C)c1OC(C)=O. The summed E-state index contributed by atoms with van der Waals surface area (Å²) in [6.07, 6.45) is 0.560. The van der Waals surface area contributed by atoms with Crippen LogP contribution in [0.15, 0.2) is 18.2 Å². The predicted molar refractivity (Wildman–Crippen MR) is 77.1 cm³/mol. The molecule has 0 N–H and O–H groups in total. The molecule has 0 unspecified atom stereocenters. The highest BCUT2D eigenvalue weighted by Crippen LogP contribution is 2.35. The summed E-state index contributed by atoms with van der Waals surface area (Å²) in [6, 6.07) is 1.71. The van der Waals surface area contributed by atoms with E-state index < -0.39 is 0 Å². The lowest BCUT2D eigenvalue weighted by Gasteiger charge is -2.18. The number of carbonyl (C=O) groups is 2. The van der Waals surface area contributed by atoms with Gasteiger partial charge in [0.2, 0.25) is 0 Å². The van der Waals surface area contributed by atoms with Crippen LogP contribution in [0, 0.1) is 13.8 Å². The molecule has 0 aliphatic carbocycles. The van der Waals surface area contributed by atoms with Gasteiger partial charge in [0.05, 0.1) is 0 Å². The Kier molecular flexibility index (Phi) is 5.08. The predicted octanol–water partition coefficient (Wildman–Crippen LogP) is 3.27. The van der Waals surface area contributed by atoms with Crippen molar-refractivity contribution in [3.8, 4) is 11.5 Å². The van der Waals surface area contributed by atoms with Gasteiger partial charge in [0, 0.05) is 19.4 Å². The van der Waals surface area contributed by atoms with Crippen molar-refractivity contribution < 1.29 is 19.1 Å².